The summed E-state index contributed by atoms with van der Waals surface area (Å²) >= 11 is 0. The lowest BCUT2D eigenvalue weighted by atomic mass is 10.2. The highest BCUT2D eigenvalue weighted by molar-refractivity contribution is 8.29. The van der Waals surface area contributed by atoms with Gasteiger partial charge < -0.3 is 8.37 Å². The van der Waals surface area contributed by atoms with Gasteiger partial charge in [-0.15, -0.1) is 0 Å². The van der Waals surface area contributed by atoms with E-state index in [0.717, 1.165) is 10.5 Å². The predicted octanol–water partition coefficient (Wildman–Crippen LogP) is 1.76. The Hall–Kier alpha value is -1.75. The molecule has 3 rings (SSSR count). The van der Waals surface area contributed by atoms with Crippen molar-refractivity contribution in [2.75, 3.05) is 0 Å². The van der Waals surface area contributed by atoms with Gasteiger partial charge >= 0.3 is 11.9 Å². The lowest BCUT2D eigenvalue weighted by molar-refractivity contribution is -0.150. The van der Waals surface area contributed by atoms with Gasteiger partial charge in [0.1, 0.15) is 0 Å². The fourth-order valence-electron chi connectivity index (χ4n) is 1.57. The van der Waals surface area contributed by atoms with Crippen LogP contribution in [-0.4, -0.2) is 11.9 Å². The smallest absolute Gasteiger partial charge is 0.325 e. The van der Waals surface area contributed by atoms with Gasteiger partial charge in [-0.1, -0.05) is 28.8 Å². The Bertz CT molecular complexity index is 490. The van der Waals surface area contributed by atoms with Crippen molar-refractivity contribution in [2.24, 2.45) is 0 Å². The minimum Gasteiger partial charge on any atom is -0.325 e. The Morgan fingerprint density at radius 2 is 1.67 bits per heavy atom. The predicted molar refractivity (Wildman–Crippen MR) is 53.5 cm³/mol. The minimum absolute atomic E-state index is 0.768. The molecule has 0 unspecified atom stereocenters. The van der Waals surface area contributed by atoms with E-state index < -0.39 is 22.5 Å². The summed E-state index contributed by atoms with van der Waals surface area (Å²) in [5, 5.41) is 1.65. The van der Waals surface area contributed by atoms with Gasteiger partial charge in [-0.25, -0.2) is 9.59 Å². The van der Waals surface area contributed by atoms with E-state index >= 15 is 0 Å². The van der Waals surface area contributed by atoms with Gasteiger partial charge in [-0.05, 0) is 12.1 Å². The third-order valence-electron chi connectivity index (χ3n) is 2.22. The second-order valence-electron chi connectivity index (χ2n) is 3.13. The summed E-state index contributed by atoms with van der Waals surface area (Å²) in [5.74, 6) is -1.82. The first-order chi connectivity index (χ1) is 7.21. The summed E-state index contributed by atoms with van der Waals surface area (Å²) in [6, 6.07) is 7.38. The molecule has 0 atom stereocenters. The zero-order valence-electron chi connectivity index (χ0n) is 7.51. The van der Waals surface area contributed by atoms with E-state index in [1.807, 2.05) is 18.2 Å². The highest BCUT2D eigenvalue weighted by Crippen LogP contribution is 2.66. The molecule has 0 amide bonds. The molecule has 1 aromatic rings. The van der Waals surface area contributed by atoms with Crippen molar-refractivity contribution in [1.29, 1.82) is 0 Å². The molecule has 0 aromatic heterocycles. The van der Waals surface area contributed by atoms with Crippen LogP contribution in [0.2, 0.25) is 0 Å². The molecule has 76 valence electrons. The first-order valence-corrected chi connectivity index (χ1v) is 5.84. The van der Waals surface area contributed by atoms with E-state index in [4.69, 9.17) is 8.37 Å². The molecular formula is C10H6O4S. The Morgan fingerprint density at radius 3 is 2.40 bits per heavy atom. The molecule has 4 nitrogen and oxygen atoms in total. The van der Waals surface area contributed by atoms with E-state index in [2.05, 4.69) is 0 Å². The van der Waals surface area contributed by atoms with Crippen molar-refractivity contribution < 1.29 is 18.0 Å². The van der Waals surface area contributed by atoms with Crippen LogP contribution in [-0.2, 0) is 18.0 Å². The highest BCUT2D eigenvalue weighted by atomic mass is 32.3. The fraction of sp³-hybridized carbons (Fsp3) is 0. The van der Waals surface area contributed by atoms with Crippen LogP contribution in [0.3, 0.4) is 0 Å². The summed E-state index contributed by atoms with van der Waals surface area (Å²) in [7, 11) is -2.26. The molecule has 5 heteroatoms. The number of hydrogen-bond donors (Lipinski definition) is 0. The van der Waals surface area contributed by atoms with E-state index in [9.17, 15) is 9.59 Å². The average molecular weight is 222 g/mol. The monoisotopic (exact) mass is 222 g/mol. The number of rotatable bonds is 0. The highest BCUT2D eigenvalue weighted by Gasteiger charge is 2.44. The van der Waals surface area contributed by atoms with Crippen molar-refractivity contribution in [3.05, 3.63) is 35.2 Å². The van der Waals surface area contributed by atoms with E-state index in [0.29, 0.717) is 0 Å². The quantitative estimate of drug-likeness (QED) is 0.628. The van der Waals surface area contributed by atoms with Crippen LogP contribution in [0, 0.1) is 0 Å². The maximum atomic E-state index is 11.0. The fourth-order valence-corrected chi connectivity index (χ4v) is 3.68. The van der Waals surface area contributed by atoms with E-state index in [1.54, 1.807) is 17.6 Å². The Kier molecular flexibility index (Phi) is 1.50. The standard InChI is InChI=1S/C10H6O4S/c11-9-10(12)14-15(13-9)6-5-7-3-1-2-4-8(7)15/h1-6H. The van der Waals surface area contributed by atoms with Crippen LogP contribution in [0.25, 0.3) is 6.08 Å². The Morgan fingerprint density at radius 1 is 1.00 bits per heavy atom. The number of carbonyl (C=O) groups is 2. The second-order valence-corrected chi connectivity index (χ2v) is 5.26. The topological polar surface area (TPSA) is 52.6 Å². The molecule has 2 aliphatic rings. The third-order valence-corrected chi connectivity index (χ3v) is 4.50. The first-order valence-electron chi connectivity index (χ1n) is 4.29. The third kappa shape index (κ3) is 1.04. The van der Waals surface area contributed by atoms with Crippen molar-refractivity contribution in [2.45, 2.75) is 4.90 Å². The molecule has 0 saturated carbocycles. The van der Waals surface area contributed by atoms with E-state index in [1.165, 1.54) is 0 Å². The maximum Gasteiger partial charge on any atom is 0.441 e. The Labute approximate surface area is 87.2 Å². The van der Waals surface area contributed by atoms with Crippen LogP contribution in [0.5, 0.6) is 0 Å². The summed E-state index contributed by atoms with van der Waals surface area (Å²) in [5.41, 5.74) is 0.926. The van der Waals surface area contributed by atoms with Crippen molar-refractivity contribution in [3.8, 4) is 0 Å². The van der Waals surface area contributed by atoms with Crippen LogP contribution >= 0.6 is 10.6 Å². The number of fused-ring (bicyclic) bond motifs is 2. The molecule has 0 aliphatic carbocycles. The van der Waals surface area contributed by atoms with Gasteiger partial charge in [-0.2, -0.15) is 0 Å². The molecule has 2 heterocycles. The van der Waals surface area contributed by atoms with Gasteiger partial charge in [-0.3, -0.25) is 0 Å². The van der Waals surface area contributed by atoms with Crippen LogP contribution in [0.1, 0.15) is 5.56 Å². The summed E-state index contributed by atoms with van der Waals surface area (Å²) in [6.45, 7) is 0. The van der Waals surface area contributed by atoms with Gasteiger partial charge in [0.2, 0.25) is 0 Å². The molecule has 0 radical (unpaired) electrons. The SMILES string of the molecule is O=C1OS2(C=Cc3ccccc32)OC1=O. The second kappa shape index (κ2) is 2.64. The van der Waals surface area contributed by atoms with Crippen LogP contribution in [0.4, 0.5) is 0 Å². The molecule has 0 N–H and O–H groups in total. The van der Waals surface area contributed by atoms with Gasteiger partial charge in [0.15, 0.2) is 0 Å². The Balaban J connectivity index is 2.15. The molecular weight excluding hydrogens is 216 g/mol. The molecule has 15 heavy (non-hydrogen) atoms. The molecule has 2 aliphatic heterocycles. The number of hydrogen-bond acceptors (Lipinski definition) is 4. The van der Waals surface area contributed by atoms with Crippen molar-refractivity contribution >= 4 is 28.6 Å². The molecule has 1 aromatic carbocycles. The normalized spacial score (nSPS) is 22.4. The number of benzene rings is 1. The van der Waals surface area contributed by atoms with Gasteiger partial charge in [0.25, 0.3) is 0 Å². The largest absolute Gasteiger partial charge is 0.441 e. The molecule has 1 spiro atoms. The lowest BCUT2D eigenvalue weighted by Gasteiger charge is -2.28. The van der Waals surface area contributed by atoms with Crippen molar-refractivity contribution in [1.82, 2.24) is 0 Å². The summed E-state index contributed by atoms with van der Waals surface area (Å²) < 4.78 is 10.1. The molecule has 1 fully saturated rings. The average Bonchev–Trinajstić information content (AvgIpc) is 2.72. The van der Waals surface area contributed by atoms with Crippen LogP contribution < -0.4 is 0 Å². The van der Waals surface area contributed by atoms with Gasteiger partial charge in [0.05, 0.1) is 10.3 Å². The molecule has 0 bridgehead atoms. The summed E-state index contributed by atoms with van der Waals surface area (Å²) in [6.07, 6.45) is 1.80. The van der Waals surface area contributed by atoms with Gasteiger partial charge in [0, 0.05) is 5.56 Å². The first kappa shape index (κ1) is 8.55. The van der Waals surface area contributed by atoms with Crippen LogP contribution in [0.15, 0.2) is 34.6 Å². The minimum atomic E-state index is -2.26. The zero-order chi connectivity index (χ0) is 10.5. The molecule has 1 saturated heterocycles. The van der Waals surface area contributed by atoms with E-state index in [-0.39, 0.29) is 0 Å². The van der Waals surface area contributed by atoms with Crippen molar-refractivity contribution in [3.63, 3.8) is 0 Å². The lowest BCUT2D eigenvalue weighted by Crippen LogP contribution is -2.05. The number of carbonyl (C=O) groups excluding carboxylic acids is 2. The maximum absolute atomic E-state index is 11.0. The zero-order valence-corrected chi connectivity index (χ0v) is 8.32. The summed E-state index contributed by atoms with van der Waals surface area (Å²) in [4.78, 5) is 22.8.